The van der Waals surface area contributed by atoms with Gasteiger partial charge in [-0.25, -0.2) is 4.98 Å². The minimum absolute atomic E-state index is 0.581. The van der Waals surface area contributed by atoms with Crippen molar-refractivity contribution in [3.8, 4) is 5.75 Å². The molecular formula is C21H19N3O. The van der Waals surface area contributed by atoms with E-state index in [2.05, 4.69) is 39.6 Å². The first-order valence-corrected chi connectivity index (χ1v) is 8.31. The standard InChI is InChI=1S/C21H19N3O/c1-2-6-17(7-3-1)15-25-18-12-10-16(11-13-18)14-22-21-23-19-8-4-5-9-20(19)24-21/h1-13H,14-15H2,(H2,22,23,24). The maximum absolute atomic E-state index is 5.81. The SMILES string of the molecule is c1ccc(COc2ccc(CNc3nc4ccccc4[nH]3)cc2)cc1. The molecule has 0 saturated carbocycles. The summed E-state index contributed by atoms with van der Waals surface area (Å²) in [6.07, 6.45) is 0. The Balaban J connectivity index is 1.34. The van der Waals surface area contributed by atoms with E-state index in [1.54, 1.807) is 0 Å². The van der Waals surface area contributed by atoms with Gasteiger partial charge in [0, 0.05) is 6.54 Å². The number of nitrogens with zero attached hydrogens (tertiary/aromatic N) is 1. The zero-order chi connectivity index (χ0) is 16.9. The van der Waals surface area contributed by atoms with Crippen molar-refractivity contribution in [1.29, 1.82) is 0 Å². The van der Waals surface area contributed by atoms with Crippen LogP contribution >= 0.6 is 0 Å². The monoisotopic (exact) mass is 329 g/mol. The van der Waals surface area contributed by atoms with E-state index >= 15 is 0 Å². The number of fused-ring (bicyclic) bond motifs is 1. The van der Waals surface area contributed by atoms with Crippen molar-refractivity contribution in [3.05, 3.63) is 90.0 Å². The number of hydrogen-bond acceptors (Lipinski definition) is 3. The molecule has 0 spiro atoms. The normalized spacial score (nSPS) is 10.7. The Hall–Kier alpha value is -3.27. The van der Waals surface area contributed by atoms with Crippen LogP contribution in [-0.4, -0.2) is 9.97 Å². The van der Waals surface area contributed by atoms with Gasteiger partial charge in [0.2, 0.25) is 5.95 Å². The van der Waals surface area contributed by atoms with Crippen molar-refractivity contribution in [3.63, 3.8) is 0 Å². The van der Waals surface area contributed by atoms with E-state index in [-0.39, 0.29) is 0 Å². The van der Waals surface area contributed by atoms with Crippen LogP contribution in [0.1, 0.15) is 11.1 Å². The minimum atomic E-state index is 0.581. The van der Waals surface area contributed by atoms with Gasteiger partial charge in [-0.1, -0.05) is 54.6 Å². The fourth-order valence-corrected chi connectivity index (χ4v) is 2.67. The predicted octanol–water partition coefficient (Wildman–Crippen LogP) is 4.75. The van der Waals surface area contributed by atoms with Crippen LogP contribution in [0.5, 0.6) is 5.75 Å². The second kappa shape index (κ2) is 7.09. The topological polar surface area (TPSA) is 49.9 Å². The van der Waals surface area contributed by atoms with E-state index in [1.165, 1.54) is 5.56 Å². The molecule has 0 bridgehead atoms. The van der Waals surface area contributed by atoms with Gasteiger partial charge in [-0.3, -0.25) is 0 Å². The van der Waals surface area contributed by atoms with Crippen LogP contribution in [0, 0.1) is 0 Å². The molecule has 0 unspecified atom stereocenters. The van der Waals surface area contributed by atoms with Gasteiger partial charge in [0.05, 0.1) is 11.0 Å². The third kappa shape index (κ3) is 3.80. The fraction of sp³-hybridized carbons (Fsp3) is 0.0952. The summed E-state index contributed by atoms with van der Waals surface area (Å²) in [6, 6.07) is 26.3. The summed E-state index contributed by atoms with van der Waals surface area (Å²) in [7, 11) is 0. The molecule has 4 rings (SSSR count). The average Bonchev–Trinajstić information content (AvgIpc) is 3.09. The Morgan fingerprint density at radius 1 is 0.800 bits per heavy atom. The van der Waals surface area contributed by atoms with Gasteiger partial charge in [-0.2, -0.15) is 0 Å². The van der Waals surface area contributed by atoms with Crippen molar-refractivity contribution in [2.45, 2.75) is 13.2 Å². The quantitative estimate of drug-likeness (QED) is 0.536. The summed E-state index contributed by atoms with van der Waals surface area (Å²) in [5.74, 6) is 1.65. The number of nitrogens with one attached hydrogen (secondary N) is 2. The van der Waals surface area contributed by atoms with Gasteiger partial charge in [0.15, 0.2) is 0 Å². The molecule has 0 aliphatic rings. The van der Waals surface area contributed by atoms with E-state index in [0.29, 0.717) is 13.2 Å². The van der Waals surface area contributed by atoms with Crippen molar-refractivity contribution >= 4 is 17.0 Å². The lowest BCUT2D eigenvalue weighted by Gasteiger charge is -2.08. The molecule has 0 aliphatic heterocycles. The van der Waals surface area contributed by atoms with Gasteiger partial charge < -0.3 is 15.0 Å². The van der Waals surface area contributed by atoms with Crippen LogP contribution in [0.25, 0.3) is 11.0 Å². The lowest BCUT2D eigenvalue weighted by molar-refractivity contribution is 0.306. The first kappa shape index (κ1) is 15.3. The molecule has 0 fully saturated rings. The first-order valence-electron chi connectivity index (χ1n) is 8.31. The molecule has 0 radical (unpaired) electrons. The summed E-state index contributed by atoms with van der Waals surface area (Å²) in [6.45, 7) is 1.29. The molecule has 4 heteroatoms. The first-order chi connectivity index (χ1) is 12.4. The van der Waals surface area contributed by atoms with E-state index < -0.39 is 0 Å². The highest BCUT2D eigenvalue weighted by molar-refractivity contribution is 5.77. The van der Waals surface area contributed by atoms with E-state index in [9.17, 15) is 0 Å². The molecule has 4 nitrogen and oxygen atoms in total. The third-order valence-corrected chi connectivity index (χ3v) is 4.02. The number of anilines is 1. The molecule has 0 atom stereocenters. The highest BCUT2D eigenvalue weighted by Gasteiger charge is 2.02. The van der Waals surface area contributed by atoms with E-state index in [0.717, 1.165) is 28.3 Å². The highest BCUT2D eigenvalue weighted by Crippen LogP contribution is 2.17. The lowest BCUT2D eigenvalue weighted by Crippen LogP contribution is -2.01. The summed E-state index contributed by atoms with van der Waals surface area (Å²) in [5, 5.41) is 3.32. The van der Waals surface area contributed by atoms with Crippen molar-refractivity contribution in [2.75, 3.05) is 5.32 Å². The molecule has 4 aromatic rings. The number of benzene rings is 3. The number of hydrogen-bond donors (Lipinski definition) is 2. The van der Waals surface area contributed by atoms with Gasteiger partial charge in [0.1, 0.15) is 12.4 Å². The van der Waals surface area contributed by atoms with Crippen LogP contribution in [0.3, 0.4) is 0 Å². The summed E-state index contributed by atoms with van der Waals surface area (Å²) < 4.78 is 5.81. The summed E-state index contributed by atoms with van der Waals surface area (Å²) in [4.78, 5) is 7.79. The molecule has 124 valence electrons. The average molecular weight is 329 g/mol. The maximum atomic E-state index is 5.81. The molecule has 25 heavy (non-hydrogen) atoms. The number of imidazole rings is 1. The Kier molecular flexibility index (Phi) is 4.33. The zero-order valence-electron chi connectivity index (χ0n) is 13.8. The number of para-hydroxylation sites is 2. The molecule has 0 aliphatic carbocycles. The van der Waals surface area contributed by atoms with Gasteiger partial charge in [-0.05, 0) is 35.4 Å². The van der Waals surface area contributed by atoms with Crippen LogP contribution in [0.2, 0.25) is 0 Å². The smallest absolute Gasteiger partial charge is 0.201 e. The van der Waals surface area contributed by atoms with Crippen molar-refractivity contribution in [2.24, 2.45) is 0 Å². The highest BCUT2D eigenvalue weighted by atomic mass is 16.5. The molecule has 0 saturated heterocycles. The van der Waals surface area contributed by atoms with Gasteiger partial charge in [-0.15, -0.1) is 0 Å². The zero-order valence-corrected chi connectivity index (χ0v) is 13.8. The Morgan fingerprint density at radius 2 is 1.56 bits per heavy atom. The number of rotatable bonds is 6. The predicted molar refractivity (Wildman–Crippen MR) is 101 cm³/mol. The Morgan fingerprint density at radius 3 is 2.36 bits per heavy atom. The van der Waals surface area contributed by atoms with E-state index in [4.69, 9.17) is 4.74 Å². The molecule has 1 aromatic heterocycles. The molecule has 2 N–H and O–H groups in total. The molecule has 1 heterocycles. The largest absolute Gasteiger partial charge is 0.489 e. The Bertz CT molecular complexity index is 913. The number of H-pyrrole nitrogens is 1. The number of ether oxygens (including phenoxy) is 1. The Labute approximate surface area is 146 Å². The summed E-state index contributed by atoms with van der Waals surface area (Å²) in [5.41, 5.74) is 4.34. The second-order valence-electron chi connectivity index (χ2n) is 5.87. The van der Waals surface area contributed by atoms with Crippen LogP contribution in [0.15, 0.2) is 78.9 Å². The maximum Gasteiger partial charge on any atom is 0.201 e. The lowest BCUT2D eigenvalue weighted by atomic mass is 10.2. The second-order valence-corrected chi connectivity index (χ2v) is 5.87. The van der Waals surface area contributed by atoms with E-state index in [1.807, 2.05) is 54.6 Å². The van der Waals surface area contributed by atoms with Crippen molar-refractivity contribution in [1.82, 2.24) is 9.97 Å². The summed E-state index contributed by atoms with van der Waals surface area (Å²) >= 11 is 0. The van der Waals surface area contributed by atoms with Crippen LogP contribution in [-0.2, 0) is 13.2 Å². The van der Waals surface area contributed by atoms with Crippen LogP contribution in [0.4, 0.5) is 5.95 Å². The molecule has 3 aromatic carbocycles. The van der Waals surface area contributed by atoms with Gasteiger partial charge >= 0.3 is 0 Å². The van der Waals surface area contributed by atoms with Crippen molar-refractivity contribution < 1.29 is 4.74 Å². The fourth-order valence-electron chi connectivity index (χ4n) is 2.67. The minimum Gasteiger partial charge on any atom is -0.489 e. The van der Waals surface area contributed by atoms with Crippen LogP contribution < -0.4 is 10.1 Å². The third-order valence-electron chi connectivity index (χ3n) is 4.02. The number of aromatic nitrogens is 2. The van der Waals surface area contributed by atoms with Gasteiger partial charge in [0.25, 0.3) is 0 Å². The molecular weight excluding hydrogens is 310 g/mol. The molecule has 0 amide bonds. The number of aromatic amines is 1.